The van der Waals surface area contributed by atoms with Gasteiger partial charge < -0.3 is 19.5 Å². The molecule has 0 radical (unpaired) electrons. The molecule has 2 aromatic carbocycles. The predicted octanol–water partition coefficient (Wildman–Crippen LogP) is 3.43. The summed E-state index contributed by atoms with van der Waals surface area (Å²) >= 11 is 0. The molecule has 0 spiro atoms. The van der Waals surface area contributed by atoms with Gasteiger partial charge in [0.1, 0.15) is 5.76 Å². The Kier molecular flexibility index (Phi) is 4.63. The molecular formula is C24H18N2O5. The number of rotatable bonds is 4. The van der Waals surface area contributed by atoms with Gasteiger partial charge >= 0.3 is 0 Å². The Morgan fingerprint density at radius 1 is 1.03 bits per heavy atom. The number of hydrogen-bond donors (Lipinski definition) is 1. The largest absolute Gasteiger partial charge is 0.507 e. The monoisotopic (exact) mass is 414 g/mol. The highest BCUT2D eigenvalue weighted by molar-refractivity contribution is 6.46. The quantitative estimate of drug-likeness (QED) is 0.400. The third kappa shape index (κ3) is 3.30. The Morgan fingerprint density at radius 3 is 2.61 bits per heavy atom. The van der Waals surface area contributed by atoms with Crippen LogP contribution in [0.1, 0.15) is 22.7 Å². The SMILES string of the molecule is O=C1C(=O)N(Cc2cccnc2)C(c2ccccc2)C1=C(O)c1ccc2c(c1)OCO2. The zero-order valence-corrected chi connectivity index (χ0v) is 16.4. The fraction of sp³-hybridized carbons (Fsp3) is 0.125. The average molecular weight is 414 g/mol. The van der Waals surface area contributed by atoms with Gasteiger partial charge in [-0.2, -0.15) is 0 Å². The molecule has 2 aliphatic rings. The minimum Gasteiger partial charge on any atom is -0.507 e. The van der Waals surface area contributed by atoms with Gasteiger partial charge in [-0.25, -0.2) is 0 Å². The highest BCUT2D eigenvalue weighted by Crippen LogP contribution is 2.41. The van der Waals surface area contributed by atoms with E-state index < -0.39 is 17.7 Å². The van der Waals surface area contributed by atoms with Gasteiger partial charge in [-0.1, -0.05) is 36.4 Å². The van der Waals surface area contributed by atoms with Crippen LogP contribution in [0.4, 0.5) is 0 Å². The summed E-state index contributed by atoms with van der Waals surface area (Å²) in [7, 11) is 0. The molecule has 7 heteroatoms. The number of pyridine rings is 1. The summed E-state index contributed by atoms with van der Waals surface area (Å²) in [6, 6.07) is 17.0. The third-order valence-electron chi connectivity index (χ3n) is 5.38. The summed E-state index contributed by atoms with van der Waals surface area (Å²) in [6.45, 7) is 0.287. The molecule has 1 N–H and O–H groups in total. The van der Waals surface area contributed by atoms with E-state index in [1.807, 2.05) is 36.4 Å². The molecule has 1 saturated heterocycles. The molecule has 0 bridgehead atoms. The molecule has 2 aliphatic heterocycles. The van der Waals surface area contributed by atoms with Crippen LogP contribution in [0.5, 0.6) is 11.5 Å². The van der Waals surface area contributed by atoms with E-state index in [0.717, 1.165) is 11.1 Å². The van der Waals surface area contributed by atoms with Gasteiger partial charge in [0, 0.05) is 24.5 Å². The molecule has 154 valence electrons. The van der Waals surface area contributed by atoms with Crippen LogP contribution in [0.25, 0.3) is 5.76 Å². The first-order valence-electron chi connectivity index (χ1n) is 9.76. The highest BCUT2D eigenvalue weighted by atomic mass is 16.7. The topological polar surface area (TPSA) is 89.0 Å². The molecule has 5 rings (SSSR count). The number of carbonyl (C=O) groups excluding carboxylic acids is 2. The second-order valence-electron chi connectivity index (χ2n) is 7.27. The first kappa shape index (κ1) is 18.9. The number of ether oxygens (including phenoxy) is 2. The number of ketones is 1. The van der Waals surface area contributed by atoms with Crippen molar-refractivity contribution in [2.45, 2.75) is 12.6 Å². The first-order valence-corrected chi connectivity index (χ1v) is 9.76. The first-order chi connectivity index (χ1) is 15.1. The Labute approximate surface area is 178 Å². The van der Waals surface area contributed by atoms with E-state index in [4.69, 9.17) is 9.47 Å². The molecule has 1 fully saturated rings. The molecule has 31 heavy (non-hydrogen) atoms. The van der Waals surface area contributed by atoms with Crippen LogP contribution in [-0.2, 0) is 16.1 Å². The van der Waals surface area contributed by atoms with Crippen molar-refractivity contribution in [2.75, 3.05) is 6.79 Å². The number of nitrogens with zero attached hydrogens (tertiary/aromatic N) is 2. The van der Waals surface area contributed by atoms with E-state index in [1.165, 1.54) is 4.90 Å². The summed E-state index contributed by atoms with van der Waals surface area (Å²) < 4.78 is 10.7. The molecule has 0 aliphatic carbocycles. The summed E-state index contributed by atoms with van der Waals surface area (Å²) in [5, 5.41) is 11.1. The molecule has 0 saturated carbocycles. The van der Waals surface area contributed by atoms with Crippen molar-refractivity contribution < 1.29 is 24.2 Å². The van der Waals surface area contributed by atoms with Crippen LogP contribution in [0.15, 0.2) is 78.6 Å². The van der Waals surface area contributed by atoms with Crippen molar-refractivity contribution in [3.63, 3.8) is 0 Å². The van der Waals surface area contributed by atoms with Crippen LogP contribution in [0.2, 0.25) is 0 Å². The van der Waals surface area contributed by atoms with E-state index in [2.05, 4.69) is 4.98 Å². The molecule has 1 atom stereocenters. The van der Waals surface area contributed by atoms with Gasteiger partial charge in [-0.05, 0) is 35.4 Å². The second-order valence-corrected chi connectivity index (χ2v) is 7.27. The fourth-order valence-corrected chi connectivity index (χ4v) is 3.91. The van der Waals surface area contributed by atoms with Gasteiger partial charge in [0.05, 0.1) is 11.6 Å². The molecule has 1 amide bonds. The maximum atomic E-state index is 13.1. The molecule has 1 aromatic heterocycles. The Balaban J connectivity index is 1.63. The van der Waals surface area contributed by atoms with Crippen LogP contribution < -0.4 is 9.47 Å². The fourth-order valence-electron chi connectivity index (χ4n) is 3.91. The second kappa shape index (κ2) is 7.60. The number of aromatic nitrogens is 1. The van der Waals surface area contributed by atoms with Gasteiger partial charge in [0.25, 0.3) is 11.7 Å². The van der Waals surface area contributed by atoms with Crippen LogP contribution in [0, 0.1) is 0 Å². The van der Waals surface area contributed by atoms with Gasteiger partial charge in [-0.3, -0.25) is 14.6 Å². The lowest BCUT2D eigenvalue weighted by molar-refractivity contribution is -0.140. The van der Waals surface area contributed by atoms with Crippen LogP contribution in [-0.4, -0.2) is 33.5 Å². The zero-order valence-electron chi connectivity index (χ0n) is 16.4. The van der Waals surface area contributed by atoms with Crippen molar-refractivity contribution in [1.82, 2.24) is 9.88 Å². The molecule has 3 aromatic rings. The van der Waals surface area contributed by atoms with Crippen LogP contribution >= 0.6 is 0 Å². The lowest BCUT2D eigenvalue weighted by Gasteiger charge is -2.25. The number of aliphatic hydroxyl groups excluding tert-OH is 1. The van der Waals surface area contributed by atoms with E-state index in [0.29, 0.717) is 17.1 Å². The lowest BCUT2D eigenvalue weighted by atomic mass is 9.95. The van der Waals surface area contributed by atoms with E-state index in [-0.39, 0.29) is 24.7 Å². The number of aliphatic hydroxyl groups is 1. The Hall–Kier alpha value is -4.13. The number of Topliss-reactive ketones (excluding diaryl/α,β-unsaturated/α-hetero) is 1. The Bertz CT molecular complexity index is 1190. The van der Waals surface area contributed by atoms with Gasteiger partial charge in [0.2, 0.25) is 6.79 Å². The summed E-state index contributed by atoms with van der Waals surface area (Å²) in [5.41, 5.74) is 1.93. The molecule has 1 unspecified atom stereocenters. The number of benzene rings is 2. The third-order valence-corrected chi connectivity index (χ3v) is 5.38. The van der Waals surface area contributed by atoms with Crippen LogP contribution in [0.3, 0.4) is 0 Å². The van der Waals surface area contributed by atoms with Gasteiger partial charge in [-0.15, -0.1) is 0 Å². The predicted molar refractivity (Wildman–Crippen MR) is 111 cm³/mol. The van der Waals surface area contributed by atoms with Crippen molar-refractivity contribution in [2.24, 2.45) is 0 Å². The maximum absolute atomic E-state index is 13.1. The minimum atomic E-state index is -0.730. The van der Waals surface area contributed by atoms with E-state index in [1.54, 1.807) is 36.7 Å². The normalized spacial score (nSPS) is 19.1. The van der Waals surface area contributed by atoms with E-state index >= 15 is 0 Å². The average Bonchev–Trinajstić information content (AvgIpc) is 3.38. The maximum Gasteiger partial charge on any atom is 0.295 e. The highest BCUT2D eigenvalue weighted by Gasteiger charge is 2.46. The number of amides is 1. The Morgan fingerprint density at radius 2 is 1.84 bits per heavy atom. The smallest absolute Gasteiger partial charge is 0.295 e. The van der Waals surface area contributed by atoms with Crippen molar-refractivity contribution in [1.29, 1.82) is 0 Å². The van der Waals surface area contributed by atoms with E-state index in [9.17, 15) is 14.7 Å². The summed E-state index contributed by atoms with van der Waals surface area (Å²) in [4.78, 5) is 31.6. The molecule has 3 heterocycles. The lowest BCUT2D eigenvalue weighted by Crippen LogP contribution is -2.29. The zero-order chi connectivity index (χ0) is 21.4. The van der Waals surface area contributed by atoms with Crippen molar-refractivity contribution >= 4 is 17.4 Å². The molecule has 7 nitrogen and oxygen atoms in total. The minimum absolute atomic E-state index is 0.0407. The van der Waals surface area contributed by atoms with Crippen molar-refractivity contribution in [3.8, 4) is 11.5 Å². The summed E-state index contributed by atoms with van der Waals surface area (Å²) in [6.07, 6.45) is 3.30. The summed E-state index contributed by atoms with van der Waals surface area (Å²) in [5.74, 6) is -0.606. The van der Waals surface area contributed by atoms with Gasteiger partial charge in [0.15, 0.2) is 11.5 Å². The standard InChI is InChI=1S/C24H18N2O5/c27-22(17-8-9-18-19(11-17)31-14-30-18)20-21(16-6-2-1-3-7-16)26(24(29)23(20)28)13-15-5-4-10-25-12-15/h1-12,21,27H,13-14H2. The number of carbonyl (C=O) groups is 2. The number of hydrogen-bond acceptors (Lipinski definition) is 6. The number of fused-ring (bicyclic) bond motifs is 1. The number of likely N-dealkylation sites (tertiary alicyclic amines) is 1. The molecular weight excluding hydrogens is 396 g/mol. The van der Waals surface area contributed by atoms with Crippen molar-refractivity contribution in [3.05, 3.63) is 95.3 Å².